The first-order valence-corrected chi connectivity index (χ1v) is 11.6. The van der Waals surface area contributed by atoms with Crippen LogP contribution in [0.15, 0.2) is 84.1 Å². The Morgan fingerprint density at radius 1 is 0.921 bits per heavy atom. The first-order valence-electron chi connectivity index (χ1n) is 11.6. The van der Waals surface area contributed by atoms with Crippen LogP contribution in [0.3, 0.4) is 0 Å². The summed E-state index contributed by atoms with van der Waals surface area (Å²) in [6.45, 7) is -0.265. The maximum Gasteiger partial charge on any atom is 0.259 e. The molecule has 0 bridgehead atoms. The highest BCUT2D eigenvalue weighted by atomic mass is 16.5. The van der Waals surface area contributed by atoms with Crippen molar-refractivity contribution in [2.75, 3.05) is 27.9 Å². The third-order valence-electron chi connectivity index (χ3n) is 5.57. The van der Waals surface area contributed by atoms with Gasteiger partial charge in [-0.3, -0.25) is 9.59 Å². The fourth-order valence-electron chi connectivity index (χ4n) is 3.62. The Morgan fingerprint density at radius 3 is 2.34 bits per heavy atom. The largest absolute Gasteiger partial charge is 0.497 e. The van der Waals surface area contributed by atoms with Gasteiger partial charge in [-0.05, 0) is 54.6 Å². The molecule has 194 valence electrons. The number of hydrogen-bond acceptors (Lipinski definition) is 7. The molecule has 0 saturated heterocycles. The normalized spacial score (nSPS) is 10.7. The minimum absolute atomic E-state index is 0.265. The minimum Gasteiger partial charge on any atom is -0.497 e. The molecule has 38 heavy (non-hydrogen) atoms. The lowest BCUT2D eigenvalue weighted by molar-refractivity contribution is -0.120. The Bertz CT molecular complexity index is 1430. The van der Waals surface area contributed by atoms with Gasteiger partial charge in [0.25, 0.3) is 11.8 Å². The molecular formula is C28H27N5O5. The van der Waals surface area contributed by atoms with Crippen LogP contribution in [0.2, 0.25) is 0 Å². The lowest BCUT2D eigenvalue weighted by atomic mass is 10.1. The molecule has 0 radical (unpaired) electrons. The fourth-order valence-corrected chi connectivity index (χ4v) is 3.62. The van der Waals surface area contributed by atoms with E-state index in [0.29, 0.717) is 28.3 Å². The van der Waals surface area contributed by atoms with Gasteiger partial charge in [0.2, 0.25) is 0 Å². The number of carbonyl (C=O) groups excluding carboxylic acids is 2. The zero-order chi connectivity index (χ0) is 26.9. The maximum atomic E-state index is 12.5. The van der Waals surface area contributed by atoms with Crippen molar-refractivity contribution in [1.29, 1.82) is 0 Å². The van der Waals surface area contributed by atoms with E-state index in [1.165, 1.54) is 26.5 Å². The summed E-state index contributed by atoms with van der Waals surface area (Å²) in [6, 6.07) is 21.9. The number of nitrogens with zero attached hydrogens (tertiary/aromatic N) is 3. The SMILES string of the molecule is COc1ccc(-c2nn(-c3ccccc3)cc2/C=N\NC(=O)CNC(=O)c2ccc(OC)c(OC)c2)cc1. The highest BCUT2D eigenvalue weighted by Crippen LogP contribution is 2.27. The Balaban J connectivity index is 1.44. The lowest BCUT2D eigenvalue weighted by Gasteiger charge is -2.09. The molecule has 0 aliphatic carbocycles. The zero-order valence-corrected chi connectivity index (χ0v) is 21.2. The average Bonchev–Trinajstić information content (AvgIpc) is 3.40. The molecule has 0 aliphatic rings. The second kappa shape index (κ2) is 12.2. The van der Waals surface area contributed by atoms with Crippen LogP contribution in [0.5, 0.6) is 17.2 Å². The van der Waals surface area contributed by atoms with Gasteiger partial charge in [0.15, 0.2) is 11.5 Å². The van der Waals surface area contributed by atoms with E-state index < -0.39 is 11.8 Å². The molecule has 3 aromatic carbocycles. The molecule has 0 saturated carbocycles. The van der Waals surface area contributed by atoms with E-state index in [1.807, 2.05) is 60.8 Å². The number of para-hydroxylation sites is 1. The van der Waals surface area contributed by atoms with Crippen molar-refractivity contribution in [3.05, 3.63) is 90.1 Å². The molecule has 0 unspecified atom stereocenters. The van der Waals surface area contributed by atoms with Crippen LogP contribution < -0.4 is 25.0 Å². The summed E-state index contributed by atoms with van der Waals surface area (Å²) in [7, 11) is 4.60. The number of amides is 2. The number of rotatable bonds is 10. The third kappa shape index (κ3) is 6.16. The van der Waals surface area contributed by atoms with Crippen molar-refractivity contribution < 1.29 is 23.8 Å². The Hall–Kier alpha value is -5.12. The first-order chi connectivity index (χ1) is 18.5. The number of benzene rings is 3. The smallest absolute Gasteiger partial charge is 0.259 e. The summed E-state index contributed by atoms with van der Waals surface area (Å²) in [5.74, 6) is 0.722. The molecule has 1 heterocycles. The quantitative estimate of drug-likeness (QED) is 0.248. The zero-order valence-electron chi connectivity index (χ0n) is 21.2. The summed E-state index contributed by atoms with van der Waals surface area (Å²) in [4.78, 5) is 24.8. The van der Waals surface area contributed by atoms with Gasteiger partial charge in [-0.2, -0.15) is 10.2 Å². The molecule has 2 N–H and O–H groups in total. The number of methoxy groups -OCH3 is 3. The van der Waals surface area contributed by atoms with Crippen molar-refractivity contribution in [3.63, 3.8) is 0 Å². The summed E-state index contributed by atoms with van der Waals surface area (Å²) in [6.07, 6.45) is 3.34. The molecule has 0 spiro atoms. The molecule has 10 heteroatoms. The van der Waals surface area contributed by atoms with Gasteiger partial charge in [-0.1, -0.05) is 18.2 Å². The van der Waals surface area contributed by atoms with Gasteiger partial charge in [0.1, 0.15) is 11.4 Å². The number of carbonyl (C=O) groups is 2. The van der Waals surface area contributed by atoms with E-state index in [2.05, 4.69) is 15.8 Å². The molecule has 4 aromatic rings. The van der Waals surface area contributed by atoms with Crippen molar-refractivity contribution >= 4 is 18.0 Å². The number of hydrogen-bond donors (Lipinski definition) is 2. The van der Waals surface area contributed by atoms with Gasteiger partial charge >= 0.3 is 0 Å². The van der Waals surface area contributed by atoms with E-state index in [4.69, 9.17) is 19.3 Å². The fraction of sp³-hybridized carbons (Fsp3) is 0.143. The van der Waals surface area contributed by atoms with Gasteiger partial charge in [-0.25, -0.2) is 10.1 Å². The first kappa shape index (κ1) is 26.0. The van der Waals surface area contributed by atoms with Crippen molar-refractivity contribution in [3.8, 4) is 34.2 Å². The second-order valence-corrected chi connectivity index (χ2v) is 7.99. The molecule has 0 aliphatic heterocycles. The van der Waals surface area contributed by atoms with E-state index in [1.54, 1.807) is 23.9 Å². The summed E-state index contributed by atoms with van der Waals surface area (Å²) < 4.78 is 17.4. The molecule has 2 amide bonds. The predicted molar refractivity (Wildman–Crippen MR) is 143 cm³/mol. The Labute approximate surface area is 219 Å². The molecule has 10 nitrogen and oxygen atoms in total. The van der Waals surface area contributed by atoms with Crippen LogP contribution in [0.1, 0.15) is 15.9 Å². The molecular weight excluding hydrogens is 486 g/mol. The van der Waals surface area contributed by atoms with Crippen LogP contribution in [-0.2, 0) is 4.79 Å². The highest BCUT2D eigenvalue weighted by molar-refractivity contribution is 5.97. The van der Waals surface area contributed by atoms with Crippen molar-refractivity contribution in [1.82, 2.24) is 20.5 Å². The number of ether oxygens (including phenoxy) is 3. The Kier molecular flexibility index (Phi) is 8.35. The molecule has 0 atom stereocenters. The maximum absolute atomic E-state index is 12.5. The topological polar surface area (TPSA) is 116 Å². The minimum atomic E-state index is -0.489. The summed E-state index contributed by atoms with van der Waals surface area (Å²) in [5.41, 5.74) is 5.87. The monoisotopic (exact) mass is 513 g/mol. The van der Waals surface area contributed by atoms with Crippen LogP contribution in [0.4, 0.5) is 0 Å². The van der Waals surface area contributed by atoms with Crippen molar-refractivity contribution in [2.45, 2.75) is 0 Å². The number of hydrazone groups is 1. The van der Waals surface area contributed by atoms with Crippen LogP contribution in [0.25, 0.3) is 16.9 Å². The van der Waals surface area contributed by atoms with Crippen LogP contribution in [-0.4, -0.2) is 55.7 Å². The molecule has 0 fully saturated rings. The molecule has 1 aromatic heterocycles. The van der Waals surface area contributed by atoms with Gasteiger partial charge in [0, 0.05) is 22.9 Å². The van der Waals surface area contributed by atoms with Gasteiger partial charge in [0.05, 0.1) is 39.8 Å². The predicted octanol–water partition coefficient (Wildman–Crippen LogP) is 3.45. The number of aromatic nitrogens is 2. The molecule has 4 rings (SSSR count). The van der Waals surface area contributed by atoms with Crippen LogP contribution >= 0.6 is 0 Å². The average molecular weight is 514 g/mol. The standard InChI is InChI=1S/C28H27N5O5/c1-36-23-12-9-19(10-13-23)27-21(18-33(32-27)22-7-5-4-6-8-22)16-30-31-26(34)17-29-28(35)20-11-14-24(37-2)25(15-20)38-3/h4-16,18H,17H2,1-3H3,(H,29,35)(H,31,34)/b30-16-. The highest BCUT2D eigenvalue weighted by Gasteiger charge is 2.13. The van der Waals surface area contributed by atoms with E-state index >= 15 is 0 Å². The van der Waals surface area contributed by atoms with Gasteiger partial charge in [-0.15, -0.1) is 0 Å². The number of nitrogens with one attached hydrogen (secondary N) is 2. The van der Waals surface area contributed by atoms with E-state index in [9.17, 15) is 9.59 Å². The third-order valence-corrected chi connectivity index (χ3v) is 5.57. The van der Waals surface area contributed by atoms with E-state index in [0.717, 1.165) is 17.0 Å². The van der Waals surface area contributed by atoms with E-state index in [-0.39, 0.29) is 6.54 Å². The second-order valence-electron chi connectivity index (χ2n) is 7.99. The lowest BCUT2D eigenvalue weighted by Crippen LogP contribution is -2.34. The van der Waals surface area contributed by atoms with Crippen molar-refractivity contribution in [2.24, 2.45) is 5.10 Å². The summed E-state index contributed by atoms with van der Waals surface area (Å²) in [5, 5.41) is 11.4. The van der Waals surface area contributed by atoms with Crippen LogP contribution in [0, 0.1) is 0 Å². The summed E-state index contributed by atoms with van der Waals surface area (Å²) >= 11 is 0. The van der Waals surface area contributed by atoms with Gasteiger partial charge < -0.3 is 19.5 Å². The Morgan fingerprint density at radius 2 is 1.66 bits per heavy atom.